The molecule has 0 spiro atoms. The molecule has 1 N–H and O–H groups in total. The van der Waals surface area contributed by atoms with Crippen molar-refractivity contribution in [2.45, 2.75) is 24.7 Å². The fourth-order valence-electron chi connectivity index (χ4n) is 3.02. The topological polar surface area (TPSA) is 78.8 Å². The Morgan fingerprint density at radius 1 is 0.969 bits per heavy atom. The van der Waals surface area contributed by atoms with E-state index in [1.165, 1.54) is 23.8 Å². The van der Waals surface area contributed by atoms with Crippen molar-refractivity contribution in [2.24, 2.45) is 5.10 Å². The number of anilines is 1. The van der Waals surface area contributed by atoms with Crippen LogP contribution in [-0.2, 0) is 21.2 Å². The number of rotatable bonds is 9. The summed E-state index contributed by atoms with van der Waals surface area (Å²) in [5, 5.41) is 4.49. The van der Waals surface area contributed by atoms with Crippen LogP contribution in [0.2, 0.25) is 5.02 Å². The first-order valence-electron chi connectivity index (χ1n) is 10.1. The molecule has 0 aliphatic carbocycles. The maximum absolute atomic E-state index is 13.2. The van der Waals surface area contributed by atoms with Crippen molar-refractivity contribution in [2.75, 3.05) is 10.8 Å². The largest absolute Gasteiger partial charge is 0.271 e. The molecule has 0 aliphatic heterocycles. The summed E-state index contributed by atoms with van der Waals surface area (Å²) in [5.41, 5.74) is 4.67. The van der Waals surface area contributed by atoms with Gasteiger partial charge in [-0.25, -0.2) is 13.8 Å². The van der Waals surface area contributed by atoms with Crippen LogP contribution in [0.5, 0.6) is 0 Å². The molecule has 0 bridgehead atoms. The van der Waals surface area contributed by atoms with Crippen molar-refractivity contribution in [1.29, 1.82) is 0 Å². The molecule has 8 heteroatoms. The fourth-order valence-corrected chi connectivity index (χ4v) is 4.63. The molecule has 3 rings (SSSR count). The normalized spacial score (nSPS) is 11.8. The van der Waals surface area contributed by atoms with Crippen LogP contribution in [0.4, 0.5) is 5.69 Å². The van der Waals surface area contributed by atoms with Crippen LogP contribution < -0.4 is 9.73 Å². The second-order valence-electron chi connectivity index (χ2n) is 7.17. The van der Waals surface area contributed by atoms with Crippen molar-refractivity contribution in [3.8, 4) is 0 Å². The van der Waals surface area contributed by atoms with E-state index in [4.69, 9.17) is 11.6 Å². The van der Waals surface area contributed by atoms with E-state index in [-0.39, 0.29) is 4.90 Å². The van der Waals surface area contributed by atoms with E-state index in [9.17, 15) is 13.2 Å². The molecule has 166 valence electrons. The van der Waals surface area contributed by atoms with Crippen molar-refractivity contribution < 1.29 is 13.2 Å². The van der Waals surface area contributed by atoms with Gasteiger partial charge in [-0.05, 0) is 55.7 Å². The molecular formula is C24H24ClN3O3S. The SMILES string of the molecule is C/C(CCc1ccccc1)=N/NC(=O)CN(c1cccc(Cl)c1)S(=O)(=O)c1ccccc1. The van der Waals surface area contributed by atoms with Gasteiger partial charge in [0.2, 0.25) is 0 Å². The number of halogens is 1. The van der Waals surface area contributed by atoms with Gasteiger partial charge in [-0.15, -0.1) is 0 Å². The Hall–Kier alpha value is -3.16. The number of hydrazone groups is 1. The lowest BCUT2D eigenvalue weighted by Crippen LogP contribution is -2.39. The summed E-state index contributed by atoms with van der Waals surface area (Å²) in [7, 11) is -3.99. The highest BCUT2D eigenvalue weighted by Crippen LogP contribution is 2.25. The molecule has 32 heavy (non-hydrogen) atoms. The van der Waals surface area contributed by atoms with E-state index < -0.39 is 22.5 Å². The molecule has 0 saturated carbocycles. The highest BCUT2D eigenvalue weighted by molar-refractivity contribution is 7.92. The van der Waals surface area contributed by atoms with Crippen molar-refractivity contribution in [3.05, 3.63) is 95.5 Å². The van der Waals surface area contributed by atoms with Gasteiger partial charge in [-0.1, -0.05) is 66.2 Å². The number of carbonyl (C=O) groups excluding carboxylic acids is 1. The standard InChI is InChI=1S/C24H24ClN3O3S/c1-19(15-16-20-9-4-2-5-10-20)26-27-24(29)18-28(22-12-8-11-21(25)17-22)32(30,31)23-13-6-3-7-14-23/h2-14,17H,15-16,18H2,1H3,(H,27,29)/b26-19-. The number of aryl methyl sites for hydroxylation is 1. The lowest BCUT2D eigenvalue weighted by molar-refractivity contribution is -0.119. The van der Waals surface area contributed by atoms with Gasteiger partial charge in [0.15, 0.2) is 0 Å². The average molecular weight is 470 g/mol. The average Bonchev–Trinajstić information content (AvgIpc) is 2.81. The number of sulfonamides is 1. The quantitative estimate of drug-likeness (QED) is 0.365. The van der Waals surface area contributed by atoms with Crippen LogP contribution in [0, 0.1) is 0 Å². The van der Waals surface area contributed by atoms with Gasteiger partial charge in [0.25, 0.3) is 15.9 Å². The third-order valence-electron chi connectivity index (χ3n) is 4.70. The van der Waals surface area contributed by atoms with Crippen LogP contribution in [-0.4, -0.2) is 26.6 Å². The van der Waals surface area contributed by atoms with E-state index >= 15 is 0 Å². The predicted octanol–water partition coefficient (Wildman–Crippen LogP) is 4.66. The Bertz CT molecular complexity index is 1180. The van der Waals surface area contributed by atoms with E-state index in [0.29, 0.717) is 17.1 Å². The predicted molar refractivity (Wildman–Crippen MR) is 128 cm³/mol. The summed E-state index contributed by atoms with van der Waals surface area (Å²) >= 11 is 6.07. The summed E-state index contributed by atoms with van der Waals surface area (Å²) < 4.78 is 27.5. The molecule has 1 amide bonds. The third-order valence-corrected chi connectivity index (χ3v) is 6.73. The molecule has 0 aliphatic rings. The molecule has 0 unspecified atom stereocenters. The lowest BCUT2D eigenvalue weighted by atomic mass is 10.1. The van der Waals surface area contributed by atoms with Crippen LogP contribution in [0.15, 0.2) is 94.9 Å². The third kappa shape index (κ3) is 6.42. The van der Waals surface area contributed by atoms with Gasteiger partial charge in [-0.3, -0.25) is 9.10 Å². The molecule has 0 radical (unpaired) electrons. The van der Waals surface area contributed by atoms with E-state index in [1.54, 1.807) is 36.4 Å². The van der Waals surface area contributed by atoms with E-state index in [0.717, 1.165) is 16.4 Å². The van der Waals surface area contributed by atoms with Crippen LogP contribution in [0.3, 0.4) is 0 Å². The van der Waals surface area contributed by atoms with Gasteiger partial charge < -0.3 is 0 Å². The fraction of sp³-hybridized carbons (Fsp3) is 0.167. The van der Waals surface area contributed by atoms with Crippen molar-refractivity contribution in [1.82, 2.24) is 5.43 Å². The summed E-state index contributed by atoms with van der Waals surface area (Å²) in [4.78, 5) is 12.7. The second-order valence-corrected chi connectivity index (χ2v) is 9.47. The Balaban J connectivity index is 1.74. The Labute approximate surface area is 193 Å². The molecule has 0 atom stereocenters. The molecule has 0 fully saturated rings. The smallest absolute Gasteiger partial charge is 0.264 e. The number of nitrogens with zero attached hydrogens (tertiary/aromatic N) is 2. The van der Waals surface area contributed by atoms with Gasteiger partial charge >= 0.3 is 0 Å². The van der Waals surface area contributed by atoms with Crippen molar-refractivity contribution in [3.63, 3.8) is 0 Å². The summed E-state index contributed by atoms with van der Waals surface area (Å²) in [5.74, 6) is -0.552. The van der Waals surface area contributed by atoms with Gasteiger partial charge in [-0.2, -0.15) is 5.10 Å². The number of hydrogen-bond donors (Lipinski definition) is 1. The van der Waals surface area contributed by atoms with Crippen LogP contribution in [0.1, 0.15) is 18.9 Å². The zero-order valence-electron chi connectivity index (χ0n) is 17.6. The summed E-state index contributed by atoms with van der Waals surface area (Å²) in [6, 6.07) is 24.3. The van der Waals surface area contributed by atoms with Crippen LogP contribution >= 0.6 is 11.6 Å². The minimum atomic E-state index is -3.99. The zero-order valence-corrected chi connectivity index (χ0v) is 19.2. The molecule has 3 aromatic rings. The first-order valence-corrected chi connectivity index (χ1v) is 11.9. The highest BCUT2D eigenvalue weighted by Gasteiger charge is 2.27. The Morgan fingerprint density at radius 2 is 1.62 bits per heavy atom. The number of benzene rings is 3. The molecular weight excluding hydrogens is 446 g/mol. The van der Waals surface area contributed by atoms with Crippen molar-refractivity contribution >= 4 is 38.9 Å². The number of carbonyl (C=O) groups is 1. The monoisotopic (exact) mass is 469 g/mol. The molecule has 3 aromatic carbocycles. The minimum absolute atomic E-state index is 0.0790. The first-order chi connectivity index (χ1) is 15.4. The first kappa shape index (κ1) is 23.5. The van der Waals surface area contributed by atoms with Gasteiger partial charge in [0.1, 0.15) is 6.54 Å². The molecule has 0 heterocycles. The Morgan fingerprint density at radius 3 is 2.28 bits per heavy atom. The van der Waals surface area contributed by atoms with E-state index in [1.807, 2.05) is 37.3 Å². The zero-order chi connectivity index (χ0) is 23.0. The summed E-state index contributed by atoms with van der Waals surface area (Å²) in [6.07, 6.45) is 1.47. The lowest BCUT2D eigenvalue weighted by Gasteiger charge is -2.23. The van der Waals surface area contributed by atoms with Gasteiger partial charge in [0.05, 0.1) is 10.6 Å². The molecule has 6 nitrogen and oxygen atoms in total. The maximum atomic E-state index is 13.2. The number of nitrogens with one attached hydrogen (secondary N) is 1. The molecule has 0 saturated heterocycles. The van der Waals surface area contributed by atoms with Gasteiger partial charge in [0, 0.05) is 10.7 Å². The minimum Gasteiger partial charge on any atom is -0.271 e. The summed E-state index contributed by atoms with van der Waals surface area (Å²) in [6.45, 7) is 1.38. The number of hydrogen-bond acceptors (Lipinski definition) is 4. The highest BCUT2D eigenvalue weighted by atomic mass is 35.5. The Kier molecular flexibility index (Phi) is 8.03. The second kappa shape index (κ2) is 10.9. The van der Waals surface area contributed by atoms with E-state index in [2.05, 4.69) is 10.5 Å². The maximum Gasteiger partial charge on any atom is 0.264 e. The van der Waals surface area contributed by atoms with Crippen LogP contribution in [0.25, 0.3) is 0 Å². The number of amides is 1. The molecule has 0 aromatic heterocycles.